The van der Waals surface area contributed by atoms with E-state index < -0.39 is 30.1 Å². The van der Waals surface area contributed by atoms with E-state index in [-0.39, 0.29) is 23.8 Å². The highest BCUT2D eigenvalue weighted by molar-refractivity contribution is 5.66. The number of aliphatic hydroxyl groups is 3. The molecule has 5 nitrogen and oxygen atoms in total. The van der Waals surface area contributed by atoms with Crippen LogP contribution in [0, 0.1) is 17.7 Å². The molecule has 0 radical (unpaired) electrons. The number of hydrogen-bond donors (Lipinski definition) is 4. The van der Waals surface area contributed by atoms with Crippen molar-refractivity contribution >= 4 is 5.97 Å². The fourth-order valence-electron chi connectivity index (χ4n) is 4.24. The third-order valence-corrected chi connectivity index (χ3v) is 5.74. The number of rotatable bonds is 11. The van der Waals surface area contributed by atoms with Gasteiger partial charge in [0.05, 0.1) is 18.3 Å². The largest absolute Gasteiger partial charge is 0.481 e. The van der Waals surface area contributed by atoms with Crippen LogP contribution in [0.5, 0.6) is 0 Å². The van der Waals surface area contributed by atoms with Gasteiger partial charge in [0.25, 0.3) is 0 Å². The van der Waals surface area contributed by atoms with Crippen LogP contribution in [0.25, 0.3) is 0 Å². The lowest BCUT2D eigenvalue weighted by Crippen LogP contribution is -2.23. The van der Waals surface area contributed by atoms with Gasteiger partial charge in [0, 0.05) is 12.0 Å². The quantitative estimate of drug-likeness (QED) is 0.440. The van der Waals surface area contributed by atoms with Gasteiger partial charge in [0.1, 0.15) is 5.82 Å². The predicted octanol–water partition coefficient (Wildman–Crippen LogP) is 3.42. The van der Waals surface area contributed by atoms with E-state index in [1.807, 2.05) is 0 Å². The molecule has 1 aromatic rings. The van der Waals surface area contributed by atoms with E-state index in [4.69, 9.17) is 5.11 Å². The van der Waals surface area contributed by atoms with Gasteiger partial charge >= 0.3 is 5.97 Å². The number of carboxylic acid groups (broad SMARTS) is 1. The number of unbranched alkanes of at least 4 members (excludes halogenated alkanes) is 3. The Morgan fingerprint density at radius 3 is 2.33 bits per heavy atom. The van der Waals surface area contributed by atoms with E-state index in [9.17, 15) is 24.5 Å². The van der Waals surface area contributed by atoms with E-state index in [0.29, 0.717) is 25.7 Å². The van der Waals surface area contributed by atoms with Crippen LogP contribution in [0.4, 0.5) is 4.39 Å². The Hall–Kier alpha value is -1.50. The molecule has 152 valence electrons. The summed E-state index contributed by atoms with van der Waals surface area (Å²) < 4.78 is 13.8. The second kappa shape index (κ2) is 10.7. The van der Waals surface area contributed by atoms with Gasteiger partial charge in [-0.15, -0.1) is 0 Å². The van der Waals surface area contributed by atoms with Crippen LogP contribution in [0.2, 0.25) is 0 Å². The zero-order valence-corrected chi connectivity index (χ0v) is 15.6. The summed E-state index contributed by atoms with van der Waals surface area (Å²) >= 11 is 0. The van der Waals surface area contributed by atoms with Crippen LogP contribution in [-0.4, -0.2) is 38.6 Å². The van der Waals surface area contributed by atoms with E-state index in [1.54, 1.807) is 18.2 Å². The minimum Gasteiger partial charge on any atom is -0.481 e. The summed E-state index contributed by atoms with van der Waals surface area (Å²) in [5.41, 5.74) is 0.264. The first-order chi connectivity index (χ1) is 12.9. The first-order valence-electron chi connectivity index (χ1n) is 9.90. The average molecular weight is 382 g/mol. The fourth-order valence-corrected chi connectivity index (χ4v) is 4.24. The van der Waals surface area contributed by atoms with Crippen LogP contribution in [-0.2, 0) is 4.79 Å². The molecule has 0 saturated heterocycles. The lowest BCUT2D eigenvalue weighted by molar-refractivity contribution is -0.137. The summed E-state index contributed by atoms with van der Waals surface area (Å²) in [5, 5.41) is 39.5. The van der Waals surface area contributed by atoms with E-state index in [2.05, 4.69) is 0 Å². The van der Waals surface area contributed by atoms with Gasteiger partial charge in [-0.05, 0) is 50.0 Å². The normalized spacial score (nSPS) is 26.2. The highest BCUT2D eigenvalue weighted by Crippen LogP contribution is 2.40. The Kier molecular flexibility index (Phi) is 8.67. The fraction of sp³-hybridized carbons (Fsp3) is 0.667. The van der Waals surface area contributed by atoms with Crippen LogP contribution in [0.1, 0.15) is 69.5 Å². The van der Waals surface area contributed by atoms with Gasteiger partial charge in [-0.3, -0.25) is 4.79 Å². The molecule has 1 aromatic carbocycles. The molecular weight excluding hydrogens is 351 g/mol. The van der Waals surface area contributed by atoms with Crippen LogP contribution in [0.3, 0.4) is 0 Å². The number of halogens is 1. The summed E-state index contributed by atoms with van der Waals surface area (Å²) in [6.45, 7) is 0. The monoisotopic (exact) mass is 382 g/mol. The Morgan fingerprint density at radius 2 is 1.67 bits per heavy atom. The summed E-state index contributed by atoms with van der Waals surface area (Å²) in [5.74, 6) is -1.36. The number of benzene rings is 1. The van der Waals surface area contributed by atoms with Gasteiger partial charge in [-0.2, -0.15) is 0 Å². The van der Waals surface area contributed by atoms with Crippen LogP contribution >= 0.6 is 0 Å². The van der Waals surface area contributed by atoms with Gasteiger partial charge in [0.2, 0.25) is 0 Å². The zero-order chi connectivity index (χ0) is 19.8. The lowest BCUT2D eigenvalue weighted by Gasteiger charge is -2.24. The molecule has 1 fully saturated rings. The van der Waals surface area contributed by atoms with Gasteiger partial charge < -0.3 is 20.4 Å². The average Bonchev–Trinajstić information content (AvgIpc) is 2.89. The molecule has 2 rings (SSSR count). The van der Waals surface area contributed by atoms with Crippen molar-refractivity contribution in [2.24, 2.45) is 11.8 Å². The standard InChI is InChI=1S/C21H31FO5/c22-17-9-6-5-8-16(17)18(23)12-11-15-14(19(24)13-20(15)25)7-3-1-2-4-10-21(26)27/h5-6,8-9,14-15,18-20,23-25H,1-4,7,10-13H2,(H,26,27)/t14?,15-,18?,19+,20-/m1/s1. The highest BCUT2D eigenvalue weighted by atomic mass is 19.1. The zero-order valence-electron chi connectivity index (χ0n) is 15.6. The molecule has 6 heteroatoms. The third kappa shape index (κ3) is 6.55. The van der Waals surface area contributed by atoms with Gasteiger partial charge in [0.15, 0.2) is 0 Å². The van der Waals surface area contributed by atoms with E-state index in [1.165, 1.54) is 6.07 Å². The van der Waals surface area contributed by atoms with Crippen molar-refractivity contribution < 1.29 is 29.6 Å². The maximum atomic E-state index is 13.8. The molecule has 0 spiro atoms. The third-order valence-electron chi connectivity index (χ3n) is 5.74. The molecule has 1 aliphatic carbocycles. The maximum absolute atomic E-state index is 13.8. The number of carbonyl (C=O) groups is 1. The van der Waals surface area contributed by atoms with Crippen molar-refractivity contribution in [2.75, 3.05) is 0 Å². The molecule has 0 heterocycles. The predicted molar refractivity (Wildman–Crippen MR) is 99.5 cm³/mol. The first-order valence-corrected chi connectivity index (χ1v) is 9.90. The lowest BCUT2D eigenvalue weighted by atomic mass is 9.84. The summed E-state index contributed by atoms with van der Waals surface area (Å²) in [4.78, 5) is 10.5. The minimum absolute atomic E-state index is 0.0349. The van der Waals surface area contributed by atoms with Gasteiger partial charge in [-0.1, -0.05) is 37.5 Å². The molecule has 2 unspecified atom stereocenters. The van der Waals surface area contributed by atoms with Crippen molar-refractivity contribution in [1.29, 1.82) is 0 Å². The molecule has 4 N–H and O–H groups in total. The SMILES string of the molecule is O=C(O)CCCCCCC1[C@@H](CCC(O)c2ccccc2F)[C@H](O)C[C@@H]1O. The number of hydrogen-bond acceptors (Lipinski definition) is 4. The maximum Gasteiger partial charge on any atom is 0.303 e. The Bertz CT molecular complexity index is 594. The second-order valence-electron chi connectivity index (χ2n) is 7.66. The molecular formula is C21H31FO5. The number of carboxylic acids is 1. The molecule has 0 bridgehead atoms. The van der Waals surface area contributed by atoms with E-state index in [0.717, 1.165) is 25.7 Å². The van der Waals surface area contributed by atoms with Crippen molar-refractivity contribution in [3.05, 3.63) is 35.6 Å². The molecule has 1 saturated carbocycles. The molecule has 0 amide bonds. The van der Waals surface area contributed by atoms with Crippen molar-refractivity contribution in [3.63, 3.8) is 0 Å². The Balaban J connectivity index is 1.80. The summed E-state index contributed by atoms with van der Waals surface area (Å²) in [7, 11) is 0. The summed E-state index contributed by atoms with van der Waals surface area (Å²) in [6.07, 6.45) is 3.33. The molecule has 0 aromatic heterocycles. The summed E-state index contributed by atoms with van der Waals surface area (Å²) in [6, 6.07) is 6.15. The van der Waals surface area contributed by atoms with E-state index >= 15 is 0 Å². The van der Waals surface area contributed by atoms with Crippen molar-refractivity contribution in [1.82, 2.24) is 0 Å². The smallest absolute Gasteiger partial charge is 0.303 e. The Labute approximate surface area is 159 Å². The topological polar surface area (TPSA) is 98.0 Å². The van der Waals surface area contributed by atoms with Crippen LogP contribution < -0.4 is 0 Å². The Morgan fingerprint density at radius 1 is 1.04 bits per heavy atom. The second-order valence-corrected chi connectivity index (χ2v) is 7.66. The first kappa shape index (κ1) is 21.8. The van der Waals surface area contributed by atoms with Gasteiger partial charge in [-0.25, -0.2) is 4.39 Å². The minimum atomic E-state index is -0.923. The molecule has 27 heavy (non-hydrogen) atoms. The molecule has 0 aliphatic heterocycles. The van der Waals surface area contributed by atoms with Crippen molar-refractivity contribution in [3.8, 4) is 0 Å². The molecule has 5 atom stereocenters. The van der Waals surface area contributed by atoms with Crippen molar-refractivity contribution in [2.45, 2.75) is 76.1 Å². The number of aliphatic carboxylic acids is 1. The molecule has 1 aliphatic rings. The van der Waals surface area contributed by atoms with Crippen LogP contribution in [0.15, 0.2) is 24.3 Å². The highest BCUT2D eigenvalue weighted by Gasteiger charge is 2.40. The number of aliphatic hydroxyl groups excluding tert-OH is 3.